The first-order valence-corrected chi connectivity index (χ1v) is 10.7. The molecule has 0 spiro atoms. The number of thiophene rings is 1. The smallest absolute Gasteiger partial charge is 0.282 e. The molecule has 2 fully saturated rings. The van der Waals surface area contributed by atoms with E-state index in [2.05, 4.69) is 46.8 Å². The number of quaternary nitrogens is 1. The van der Waals surface area contributed by atoms with Crippen LogP contribution in [0.1, 0.15) is 30.7 Å². The number of morpholine rings is 1. The SMILES string of the molecule is C[C@H](C(=O)Nc1ccc(N2CCOCC2)cc1)[NH+]1CCC[C@@H]1c1cccs1. The van der Waals surface area contributed by atoms with Gasteiger partial charge in [0.15, 0.2) is 6.04 Å². The number of ether oxygens (including phenoxy) is 1. The lowest BCUT2D eigenvalue weighted by atomic mass is 10.1. The van der Waals surface area contributed by atoms with Gasteiger partial charge in [-0.25, -0.2) is 0 Å². The van der Waals surface area contributed by atoms with Gasteiger partial charge in [-0.05, 0) is 42.6 Å². The summed E-state index contributed by atoms with van der Waals surface area (Å²) < 4.78 is 5.41. The van der Waals surface area contributed by atoms with Crippen LogP contribution in [0.25, 0.3) is 0 Å². The first kappa shape index (κ1) is 18.5. The Hall–Kier alpha value is -1.89. The number of nitrogens with zero attached hydrogens (tertiary/aromatic N) is 1. The van der Waals surface area contributed by atoms with Crippen LogP contribution in [-0.4, -0.2) is 44.8 Å². The summed E-state index contributed by atoms with van der Waals surface area (Å²) in [5.74, 6) is 0.104. The van der Waals surface area contributed by atoms with Crippen molar-refractivity contribution in [3.8, 4) is 0 Å². The molecule has 2 N–H and O–H groups in total. The van der Waals surface area contributed by atoms with Crippen LogP contribution in [0.5, 0.6) is 0 Å². The highest BCUT2D eigenvalue weighted by molar-refractivity contribution is 7.10. The van der Waals surface area contributed by atoms with Gasteiger partial charge < -0.3 is 19.9 Å². The number of benzene rings is 1. The number of rotatable bonds is 5. The molecule has 3 heterocycles. The van der Waals surface area contributed by atoms with Crippen molar-refractivity contribution in [3.63, 3.8) is 0 Å². The van der Waals surface area contributed by atoms with Gasteiger partial charge in [0.25, 0.3) is 5.91 Å². The predicted molar refractivity (Wildman–Crippen MR) is 110 cm³/mol. The summed E-state index contributed by atoms with van der Waals surface area (Å²) in [6.07, 6.45) is 2.35. The molecule has 1 aromatic heterocycles. The lowest BCUT2D eigenvalue weighted by Crippen LogP contribution is -3.15. The Morgan fingerprint density at radius 2 is 2.04 bits per heavy atom. The number of amides is 1. The van der Waals surface area contributed by atoms with E-state index in [1.807, 2.05) is 12.1 Å². The molecule has 2 aliphatic rings. The van der Waals surface area contributed by atoms with E-state index in [1.54, 1.807) is 11.3 Å². The standard InChI is InChI=1S/C21H27N3O2S/c1-16(24-10-2-4-19(24)20-5-3-15-27-20)21(25)22-17-6-8-18(9-7-17)23-11-13-26-14-12-23/h3,5-9,15-16,19H,2,4,10-14H2,1H3,(H,22,25)/p+1/t16-,19-/m1/s1. The zero-order chi connectivity index (χ0) is 18.6. The predicted octanol–water partition coefficient (Wildman–Crippen LogP) is 2.33. The minimum atomic E-state index is -0.0569. The summed E-state index contributed by atoms with van der Waals surface area (Å²) in [7, 11) is 0. The van der Waals surface area contributed by atoms with Crippen LogP contribution in [0.15, 0.2) is 41.8 Å². The molecule has 2 aromatic rings. The molecule has 5 nitrogen and oxygen atoms in total. The van der Waals surface area contributed by atoms with Gasteiger partial charge in [-0.15, -0.1) is 11.3 Å². The molecule has 144 valence electrons. The van der Waals surface area contributed by atoms with E-state index in [0.29, 0.717) is 6.04 Å². The normalized spacial score (nSPS) is 24.0. The Morgan fingerprint density at radius 3 is 2.74 bits per heavy atom. The van der Waals surface area contributed by atoms with Crippen LogP contribution in [0, 0.1) is 0 Å². The molecular formula is C21H28N3O2S+. The topological polar surface area (TPSA) is 46.0 Å². The number of hydrogen-bond acceptors (Lipinski definition) is 4. The lowest BCUT2D eigenvalue weighted by Gasteiger charge is -2.29. The van der Waals surface area contributed by atoms with Gasteiger partial charge in [-0.2, -0.15) is 0 Å². The first-order chi connectivity index (χ1) is 13.2. The lowest BCUT2D eigenvalue weighted by molar-refractivity contribution is -0.931. The number of likely N-dealkylation sites (tertiary alicyclic amines) is 1. The molecule has 0 aliphatic carbocycles. The Morgan fingerprint density at radius 1 is 1.26 bits per heavy atom. The number of hydrogen-bond donors (Lipinski definition) is 2. The summed E-state index contributed by atoms with van der Waals surface area (Å²) in [6.45, 7) is 6.52. The quantitative estimate of drug-likeness (QED) is 0.829. The van der Waals surface area contributed by atoms with Crippen LogP contribution < -0.4 is 15.1 Å². The highest BCUT2D eigenvalue weighted by Gasteiger charge is 2.37. The second kappa shape index (κ2) is 8.42. The van der Waals surface area contributed by atoms with Gasteiger partial charge in [-0.3, -0.25) is 4.79 Å². The highest BCUT2D eigenvalue weighted by Crippen LogP contribution is 2.24. The molecule has 4 rings (SSSR count). The molecule has 3 atom stereocenters. The molecule has 2 saturated heterocycles. The van der Waals surface area contributed by atoms with Gasteiger partial charge in [0.2, 0.25) is 0 Å². The van der Waals surface area contributed by atoms with Gasteiger partial charge >= 0.3 is 0 Å². The monoisotopic (exact) mass is 386 g/mol. The van der Waals surface area contributed by atoms with Gasteiger partial charge in [0, 0.05) is 37.3 Å². The van der Waals surface area contributed by atoms with Crippen molar-refractivity contribution in [1.82, 2.24) is 0 Å². The zero-order valence-corrected chi connectivity index (χ0v) is 16.6. The molecule has 2 aliphatic heterocycles. The van der Waals surface area contributed by atoms with Gasteiger partial charge in [0.05, 0.1) is 24.6 Å². The van der Waals surface area contributed by atoms with Crippen molar-refractivity contribution in [2.24, 2.45) is 0 Å². The van der Waals surface area contributed by atoms with Crippen molar-refractivity contribution in [1.29, 1.82) is 0 Å². The third-order valence-corrected chi connectivity index (χ3v) is 6.74. The Kier molecular flexibility index (Phi) is 5.76. The summed E-state index contributed by atoms with van der Waals surface area (Å²) in [6, 6.07) is 12.9. The molecule has 0 bridgehead atoms. The van der Waals surface area contributed by atoms with Gasteiger partial charge in [-0.1, -0.05) is 6.07 Å². The number of carbonyl (C=O) groups is 1. The van der Waals surface area contributed by atoms with Crippen LogP contribution in [0.4, 0.5) is 11.4 Å². The Labute approximate surface area is 164 Å². The van der Waals surface area contributed by atoms with Crippen LogP contribution in [-0.2, 0) is 9.53 Å². The third-order valence-electron chi connectivity index (χ3n) is 5.75. The zero-order valence-electron chi connectivity index (χ0n) is 15.8. The average molecular weight is 387 g/mol. The maximum atomic E-state index is 12.8. The highest BCUT2D eigenvalue weighted by atomic mass is 32.1. The average Bonchev–Trinajstić information content (AvgIpc) is 3.40. The maximum absolute atomic E-state index is 12.8. The minimum absolute atomic E-state index is 0.0569. The largest absolute Gasteiger partial charge is 0.378 e. The van der Waals surface area contributed by atoms with Gasteiger partial charge in [0.1, 0.15) is 6.04 Å². The van der Waals surface area contributed by atoms with E-state index in [4.69, 9.17) is 4.74 Å². The fraction of sp³-hybridized carbons (Fsp3) is 0.476. The molecule has 6 heteroatoms. The number of carbonyl (C=O) groups excluding carboxylic acids is 1. The van der Waals surface area contributed by atoms with E-state index in [-0.39, 0.29) is 11.9 Å². The van der Waals surface area contributed by atoms with E-state index in [1.165, 1.54) is 28.3 Å². The summed E-state index contributed by atoms with van der Waals surface area (Å²) in [5.41, 5.74) is 2.06. The summed E-state index contributed by atoms with van der Waals surface area (Å²) in [4.78, 5) is 18.0. The molecular weight excluding hydrogens is 358 g/mol. The fourth-order valence-corrected chi connectivity index (χ4v) is 5.10. The van der Waals surface area contributed by atoms with Crippen molar-refractivity contribution < 1.29 is 14.4 Å². The molecule has 0 radical (unpaired) electrons. The molecule has 1 unspecified atom stereocenters. The Bertz CT molecular complexity index is 741. The van der Waals surface area contributed by atoms with E-state index in [9.17, 15) is 4.79 Å². The van der Waals surface area contributed by atoms with E-state index >= 15 is 0 Å². The van der Waals surface area contributed by atoms with Crippen molar-refractivity contribution in [2.75, 3.05) is 43.1 Å². The number of nitrogens with one attached hydrogen (secondary N) is 2. The second-order valence-corrected chi connectivity index (χ2v) is 8.37. The van der Waals surface area contributed by atoms with Crippen LogP contribution in [0.2, 0.25) is 0 Å². The number of anilines is 2. The van der Waals surface area contributed by atoms with Crippen molar-refractivity contribution in [3.05, 3.63) is 46.7 Å². The molecule has 1 aromatic carbocycles. The van der Waals surface area contributed by atoms with Crippen molar-refractivity contribution in [2.45, 2.75) is 31.8 Å². The summed E-state index contributed by atoms with van der Waals surface area (Å²) in [5, 5.41) is 5.25. The second-order valence-electron chi connectivity index (χ2n) is 7.39. The molecule has 1 amide bonds. The maximum Gasteiger partial charge on any atom is 0.282 e. The van der Waals surface area contributed by atoms with E-state index in [0.717, 1.165) is 38.5 Å². The van der Waals surface area contributed by atoms with Crippen molar-refractivity contribution >= 4 is 28.6 Å². The summed E-state index contributed by atoms with van der Waals surface area (Å²) >= 11 is 1.81. The minimum Gasteiger partial charge on any atom is -0.378 e. The van der Waals surface area contributed by atoms with Crippen LogP contribution >= 0.6 is 11.3 Å². The molecule has 27 heavy (non-hydrogen) atoms. The fourth-order valence-electron chi connectivity index (χ4n) is 4.20. The molecule has 0 saturated carbocycles. The van der Waals surface area contributed by atoms with E-state index < -0.39 is 0 Å². The Balaban J connectivity index is 1.38. The first-order valence-electron chi connectivity index (χ1n) is 9.85. The van der Waals surface area contributed by atoms with Crippen LogP contribution in [0.3, 0.4) is 0 Å². The third kappa shape index (κ3) is 4.18.